The molecule has 19 heavy (non-hydrogen) atoms. The Hall–Kier alpha value is -2.13. The van der Waals surface area contributed by atoms with Crippen molar-refractivity contribution < 1.29 is 8.81 Å². The summed E-state index contributed by atoms with van der Waals surface area (Å²) in [6.07, 6.45) is 0. The molecule has 0 radical (unpaired) electrons. The van der Waals surface area contributed by atoms with Gasteiger partial charge in [-0.1, -0.05) is 24.3 Å². The molecule has 3 aromatic rings. The molecule has 0 saturated carbocycles. The minimum absolute atomic E-state index is 0.267. The number of fused-ring (bicyclic) bond motifs is 1. The zero-order chi connectivity index (χ0) is 13.4. The highest BCUT2D eigenvalue weighted by Crippen LogP contribution is 2.27. The first-order valence-electron chi connectivity index (χ1n) is 6.14. The molecular weight excluding hydrogens is 241 g/mol. The summed E-state index contributed by atoms with van der Waals surface area (Å²) in [7, 11) is 0. The molecule has 0 aliphatic rings. The molecule has 0 bridgehead atoms. The zero-order valence-electron chi connectivity index (χ0n) is 10.6. The second-order valence-electron chi connectivity index (χ2n) is 4.72. The molecule has 1 unspecified atom stereocenters. The maximum atomic E-state index is 12.9. The molecule has 0 amide bonds. The predicted molar refractivity (Wildman–Crippen MR) is 73.4 cm³/mol. The Morgan fingerprint density at radius 2 is 1.79 bits per heavy atom. The molecule has 96 valence electrons. The van der Waals surface area contributed by atoms with Crippen LogP contribution in [0.3, 0.4) is 0 Å². The van der Waals surface area contributed by atoms with E-state index < -0.39 is 0 Å². The van der Waals surface area contributed by atoms with E-state index in [4.69, 9.17) is 10.2 Å². The van der Waals surface area contributed by atoms with E-state index in [1.165, 1.54) is 12.1 Å². The third kappa shape index (κ3) is 2.25. The molecule has 0 saturated heterocycles. The summed E-state index contributed by atoms with van der Waals surface area (Å²) in [6, 6.07) is 13.7. The van der Waals surface area contributed by atoms with Crippen molar-refractivity contribution in [2.45, 2.75) is 13.0 Å². The minimum atomic E-state index is -0.381. The maximum Gasteiger partial charge on any atom is 0.134 e. The van der Waals surface area contributed by atoms with Gasteiger partial charge in [0.25, 0.3) is 0 Å². The van der Waals surface area contributed by atoms with E-state index in [1.807, 2.05) is 31.2 Å². The lowest BCUT2D eigenvalue weighted by Gasteiger charge is -2.08. The lowest BCUT2D eigenvalue weighted by molar-refractivity contribution is 0.524. The van der Waals surface area contributed by atoms with Gasteiger partial charge in [-0.3, -0.25) is 0 Å². The van der Waals surface area contributed by atoms with Crippen LogP contribution in [0.15, 0.2) is 52.9 Å². The Balaban J connectivity index is 2.01. The molecule has 3 heteroatoms. The maximum absolute atomic E-state index is 12.9. The number of rotatable bonds is 2. The van der Waals surface area contributed by atoms with Crippen LogP contribution in [-0.2, 0) is 0 Å². The fraction of sp³-hybridized carbons (Fsp3) is 0.125. The van der Waals surface area contributed by atoms with Crippen molar-refractivity contribution in [2.24, 2.45) is 5.73 Å². The first-order valence-corrected chi connectivity index (χ1v) is 6.14. The number of furan rings is 1. The van der Waals surface area contributed by atoms with Crippen LogP contribution in [0.4, 0.5) is 4.39 Å². The lowest BCUT2D eigenvalue weighted by Crippen LogP contribution is -2.10. The summed E-state index contributed by atoms with van der Waals surface area (Å²) in [5.41, 5.74) is 8.95. The molecule has 0 spiro atoms. The van der Waals surface area contributed by atoms with Crippen LogP contribution >= 0.6 is 0 Å². The third-order valence-corrected chi connectivity index (χ3v) is 3.23. The van der Waals surface area contributed by atoms with Gasteiger partial charge in [-0.15, -0.1) is 0 Å². The van der Waals surface area contributed by atoms with E-state index in [2.05, 4.69) is 0 Å². The molecule has 1 aromatic heterocycles. The summed E-state index contributed by atoms with van der Waals surface area (Å²) in [5.74, 6) is 0.420. The van der Waals surface area contributed by atoms with Crippen molar-refractivity contribution in [3.8, 4) is 0 Å². The van der Waals surface area contributed by atoms with E-state index in [-0.39, 0.29) is 11.9 Å². The third-order valence-electron chi connectivity index (χ3n) is 3.23. The highest BCUT2D eigenvalue weighted by molar-refractivity contribution is 5.78. The molecule has 1 atom stereocenters. The second-order valence-corrected chi connectivity index (χ2v) is 4.72. The van der Waals surface area contributed by atoms with Gasteiger partial charge in [-0.2, -0.15) is 0 Å². The van der Waals surface area contributed by atoms with Gasteiger partial charge >= 0.3 is 0 Å². The number of aryl methyl sites for hydroxylation is 1. The molecule has 0 aliphatic heterocycles. The van der Waals surface area contributed by atoms with Crippen LogP contribution in [0.1, 0.15) is 22.9 Å². The SMILES string of the molecule is Cc1ccc2cc(C(N)c3ccc(F)cc3)oc2c1. The highest BCUT2D eigenvalue weighted by Gasteiger charge is 2.14. The van der Waals surface area contributed by atoms with Crippen LogP contribution in [0, 0.1) is 12.7 Å². The van der Waals surface area contributed by atoms with E-state index in [0.29, 0.717) is 5.76 Å². The standard InChI is InChI=1S/C16H14FNO/c1-10-2-3-12-9-15(19-14(12)8-10)16(18)11-4-6-13(17)7-5-11/h2-9,16H,18H2,1H3. The van der Waals surface area contributed by atoms with Crippen LogP contribution in [0.5, 0.6) is 0 Å². The van der Waals surface area contributed by atoms with E-state index in [9.17, 15) is 4.39 Å². The largest absolute Gasteiger partial charge is 0.459 e. The van der Waals surface area contributed by atoms with Crippen LogP contribution in [0.2, 0.25) is 0 Å². The molecule has 2 nitrogen and oxygen atoms in total. The van der Waals surface area contributed by atoms with Gasteiger partial charge in [-0.25, -0.2) is 4.39 Å². The second kappa shape index (κ2) is 4.52. The summed E-state index contributed by atoms with van der Waals surface area (Å²) in [6.45, 7) is 2.02. The molecule has 3 rings (SSSR count). The van der Waals surface area contributed by atoms with Gasteiger partial charge < -0.3 is 10.2 Å². The first-order chi connectivity index (χ1) is 9.13. The Kier molecular flexibility index (Phi) is 2.84. The van der Waals surface area contributed by atoms with Gasteiger partial charge in [0, 0.05) is 5.39 Å². The van der Waals surface area contributed by atoms with Crippen LogP contribution < -0.4 is 5.73 Å². The van der Waals surface area contributed by atoms with Crippen LogP contribution in [0.25, 0.3) is 11.0 Å². The Morgan fingerprint density at radius 3 is 2.53 bits per heavy atom. The summed E-state index contributed by atoms with van der Waals surface area (Å²) in [5, 5.41) is 1.03. The average Bonchev–Trinajstić information content (AvgIpc) is 2.81. The topological polar surface area (TPSA) is 39.2 Å². The summed E-state index contributed by atoms with van der Waals surface area (Å²) < 4.78 is 18.7. The molecule has 2 N–H and O–H groups in total. The van der Waals surface area contributed by atoms with Crippen LogP contribution in [-0.4, -0.2) is 0 Å². The normalized spacial score (nSPS) is 12.8. The summed E-state index contributed by atoms with van der Waals surface area (Å²) >= 11 is 0. The van der Waals surface area contributed by atoms with Crippen molar-refractivity contribution in [2.75, 3.05) is 0 Å². The van der Waals surface area contributed by atoms with Crippen molar-refractivity contribution in [1.29, 1.82) is 0 Å². The fourth-order valence-electron chi connectivity index (χ4n) is 2.15. The van der Waals surface area contributed by atoms with Crippen molar-refractivity contribution in [3.63, 3.8) is 0 Å². The van der Waals surface area contributed by atoms with Crippen molar-refractivity contribution in [1.82, 2.24) is 0 Å². The fourth-order valence-corrected chi connectivity index (χ4v) is 2.15. The van der Waals surface area contributed by atoms with E-state index in [0.717, 1.165) is 22.1 Å². The molecule has 0 fully saturated rings. The van der Waals surface area contributed by atoms with Gasteiger partial charge in [0.05, 0.1) is 6.04 Å². The monoisotopic (exact) mass is 255 g/mol. The summed E-state index contributed by atoms with van der Waals surface area (Å²) in [4.78, 5) is 0. The predicted octanol–water partition coefficient (Wildman–Crippen LogP) is 3.93. The number of nitrogens with two attached hydrogens (primary N) is 1. The molecular formula is C16H14FNO. The zero-order valence-corrected chi connectivity index (χ0v) is 10.6. The quantitative estimate of drug-likeness (QED) is 0.753. The Labute approximate surface area is 110 Å². The van der Waals surface area contributed by atoms with E-state index in [1.54, 1.807) is 12.1 Å². The van der Waals surface area contributed by atoms with Crippen molar-refractivity contribution in [3.05, 3.63) is 71.2 Å². The van der Waals surface area contributed by atoms with Gasteiger partial charge in [-0.05, 0) is 42.3 Å². The smallest absolute Gasteiger partial charge is 0.134 e. The molecule has 2 aromatic carbocycles. The minimum Gasteiger partial charge on any atom is -0.459 e. The molecule has 1 heterocycles. The van der Waals surface area contributed by atoms with Gasteiger partial charge in [0.15, 0.2) is 0 Å². The number of hydrogen-bond donors (Lipinski definition) is 1. The van der Waals surface area contributed by atoms with Gasteiger partial charge in [0.2, 0.25) is 0 Å². The van der Waals surface area contributed by atoms with Crippen molar-refractivity contribution >= 4 is 11.0 Å². The molecule has 0 aliphatic carbocycles. The van der Waals surface area contributed by atoms with E-state index >= 15 is 0 Å². The Bertz CT molecular complexity index is 715. The number of hydrogen-bond acceptors (Lipinski definition) is 2. The van der Waals surface area contributed by atoms with Gasteiger partial charge in [0.1, 0.15) is 17.2 Å². The number of benzene rings is 2. The highest BCUT2D eigenvalue weighted by atomic mass is 19.1. The average molecular weight is 255 g/mol. The lowest BCUT2D eigenvalue weighted by atomic mass is 10.1. The first kappa shape index (κ1) is 11.9. The number of halogens is 1. The Morgan fingerprint density at radius 1 is 1.05 bits per heavy atom.